The Balaban J connectivity index is 1.82. The predicted octanol–water partition coefficient (Wildman–Crippen LogP) is 4.37. The number of benzene rings is 2. The average molecular weight is 351 g/mol. The van der Waals surface area contributed by atoms with Gasteiger partial charge in [0.15, 0.2) is 0 Å². The Labute approximate surface area is 156 Å². The zero-order chi connectivity index (χ0) is 18.4. The Hall–Kier alpha value is -2.13. The summed E-state index contributed by atoms with van der Waals surface area (Å²) in [5.41, 5.74) is 3.32. The molecule has 3 heteroatoms. The number of carbonyl (C=O) groups is 1. The van der Waals surface area contributed by atoms with E-state index in [0.717, 1.165) is 30.4 Å². The smallest absolute Gasteiger partial charge is 0.228 e. The molecule has 0 bridgehead atoms. The largest absolute Gasteiger partial charge is 0.394 e. The molecule has 2 aromatic carbocycles. The molecule has 2 N–H and O–H groups in total. The summed E-state index contributed by atoms with van der Waals surface area (Å²) < 4.78 is 0. The minimum absolute atomic E-state index is 0.0315. The summed E-state index contributed by atoms with van der Waals surface area (Å²) in [6.07, 6.45) is 5.60. The Morgan fingerprint density at radius 1 is 1.04 bits per heavy atom. The highest BCUT2D eigenvalue weighted by atomic mass is 16.3. The fourth-order valence-corrected chi connectivity index (χ4v) is 4.07. The second kappa shape index (κ2) is 9.00. The van der Waals surface area contributed by atoms with Gasteiger partial charge in [0.1, 0.15) is 0 Å². The summed E-state index contributed by atoms with van der Waals surface area (Å²) in [4.78, 5) is 13.2. The van der Waals surface area contributed by atoms with Crippen LogP contribution in [0.15, 0.2) is 54.6 Å². The maximum absolute atomic E-state index is 13.2. The van der Waals surface area contributed by atoms with Crippen LogP contribution in [0.4, 0.5) is 0 Å². The summed E-state index contributed by atoms with van der Waals surface area (Å²) in [6.45, 7) is 2.05. The Morgan fingerprint density at radius 2 is 1.69 bits per heavy atom. The monoisotopic (exact) mass is 351 g/mol. The van der Waals surface area contributed by atoms with Gasteiger partial charge in [-0.25, -0.2) is 0 Å². The van der Waals surface area contributed by atoms with E-state index in [2.05, 4.69) is 36.5 Å². The van der Waals surface area contributed by atoms with E-state index in [4.69, 9.17) is 0 Å². The van der Waals surface area contributed by atoms with Gasteiger partial charge in [-0.3, -0.25) is 4.79 Å². The fraction of sp³-hybridized carbons (Fsp3) is 0.435. The van der Waals surface area contributed by atoms with Gasteiger partial charge < -0.3 is 10.4 Å². The Kier molecular flexibility index (Phi) is 6.45. The summed E-state index contributed by atoms with van der Waals surface area (Å²) in [5.74, 6) is 0.280. The van der Waals surface area contributed by atoms with Crippen molar-refractivity contribution in [3.05, 3.63) is 71.3 Å². The minimum atomic E-state index is -0.359. The third-order valence-corrected chi connectivity index (χ3v) is 5.60. The first kappa shape index (κ1) is 18.7. The maximum Gasteiger partial charge on any atom is 0.228 e. The van der Waals surface area contributed by atoms with Crippen molar-refractivity contribution in [3.8, 4) is 0 Å². The van der Waals surface area contributed by atoms with Crippen LogP contribution in [0.3, 0.4) is 0 Å². The van der Waals surface area contributed by atoms with Crippen molar-refractivity contribution in [1.29, 1.82) is 0 Å². The molecule has 1 aliphatic carbocycles. The van der Waals surface area contributed by atoms with E-state index < -0.39 is 0 Å². The lowest BCUT2D eigenvalue weighted by atomic mass is 9.83. The molecule has 138 valence electrons. The van der Waals surface area contributed by atoms with Gasteiger partial charge in [-0.05, 0) is 41.9 Å². The second-order valence-electron chi connectivity index (χ2n) is 7.27. The third-order valence-electron chi connectivity index (χ3n) is 5.60. The van der Waals surface area contributed by atoms with Gasteiger partial charge in [0.05, 0.1) is 18.6 Å². The molecule has 1 aliphatic rings. The zero-order valence-corrected chi connectivity index (χ0v) is 15.5. The highest BCUT2D eigenvalue weighted by molar-refractivity contribution is 5.84. The lowest BCUT2D eigenvalue weighted by Crippen LogP contribution is -2.37. The van der Waals surface area contributed by atoms with E-state index in [1.54, 1.807) is 0 Å². The van der Waals surface area contributed by atoms with Crippen LogP contribution in [0.2, 0.25) is 0 Å². The van der Waals surface area contributed by atoms with Crippen LogP contribution in [0.1, 0.15) is 61.3 Å². The summed E-state index contributed by atoms with van der Waals surface area (Å²) in [5, 5.41) is 12.9. The number of aliphatic hydroxyl groups excluding tert-OH is 1. The lowest BCUT2D eigenvalue weighted by Gasteiger charge is -2.26. The normalized spacial score (nSPS) is 17.0. The summed E-state index contributed by atoms with van der Waals surface area (Å²) in [6, 6.07) is 17.8. The highest BCUT2D eigenvalue weighted by Gasteiger charge is 2.33. The zero-order valence-electron chi connectivity index (χ0n) is 15.5. The molecule has 2 aromatic rings. The highest BCUT2D eigenvalue weighted by Crippen LogP contribution is 2.38. The van der Waals surface area contributed by atoms with Crippen LogP contribution in [-0.2, 0) is 11.2 Å². The van der Waals surface area contributed by atoms with Crippen molar-refractivity contribution in [1.82, 2.24) is 5.32 Å². The van der Waals surface area contributed by atoms with E-state index in [0.29, 0.717) is 5.92 Å². The molecule has 3 nitrogen and oxygen atoms in total. The molecule has 2 atom stereocenters. The number of nitrogens with one attached hydrogen (secondary N) is 1. The van der Waals surface area contributed by atoms with Crippen molar-refractivity contribution in [2.75, 3.05) is 6.61 Å². The number of rotatable bonds is 7. The van der Waals surface area contributed by atoms with Crippen LogP contribution in [-0.4, -0.2) is 17.6 Å². The SMILES string of the molecule is CCc1ccc(C(C(=O)N[C@H](CO)c2ccccc2)C2CCCC2)cc1. The van der Waals surface area contributed by atoms with Crippen LogP contribution < -0.4 is 5.32 Å². The molecule has 0 saturated heterocycles. The minimum Gasteiger partial charge on any atom is -0.394 e. The van der Waals surface area contributed by atoms with Crippen molar-refractivity contribution in [2.24, 2.45) is 5.92 Å². The summed E-state index contributed by atoms with van der Waals surface area (Å²) >= 11 is 0. The molecule has 1 saturated carbocycles. The van der Waals surface area contributed by atoms with Gasteiger partial charge in [-0.15, -0.1) is 0 Å². The first-order valence-electron chi connectivity index (χ1n) is 9.78. The molecule has 26 heavy (non-hydrogen) atoms. The fourth-order valence-electron chi connectivity index (χ4n) is 4.07. The van der Waals surface area contributed by atoms with Crippen LogP contribution >= 0.6 is 0 Å². The summed E-state index contributed by atoms with van der Waals surface area (Å²) in [7, 11) is 0. The molecular weight excluding hydrogens is 322 g/mol. The number of hydrogen-bond donors (Lipinski definition) is 2. The van der Waals surface area contributed by atoms with E-state index in [1.165, 1.54) is 18.4 Å². The quantitative estimate of drug-likeness (QED) is 0.778. The van der Waals surface area contributed by atoms with E-state index >= 15 is 0 Å². The molecule has 0 heterocycles. The van der Waals surface area contributed by atoms with Crippen LogP contribution in [0, 0.1) is 5.92 Å². The maximum atomic E-state index is 13.2. The van der Waals surface area contributed by atoms with Gasteiger partial charge in [0.2, 0.25) is 5.91 Å². The third kappa shape index (κ3) is 4.34. The van der Waals surface area contributed by atoms with E-state index in [9.17, 15) is 9.90 Å². The van der Waals surface area contributed by atoms with E-state index in [1.807, 2.05) is 30.3 Å². The average Bonchev–Trinajstić information content (AvgIpc) is 3.21. The van der Waals surface area contributed by atoms with Crippen molar-refractivity contribution >= 4 is 5.91 Å². The number of aryl methyl sites for hydroxylation is 1. The van der Waals surface area contributed by atoms with Gasteiger partial charge in [-0.2, -0.15) is 0 Å². The Morgan fingerprint density at radius 3 is 2.27 bits per heavy atom. The first-order chi connectivity index (χ1) is 12.7. The Bertz CT molecular complexity index is 690. The molecule has 1 amide bonds. The van der Waals surface area contributed by atoms with E-state index in [-0.39, 0.29) is 24.5 Å². The molecular formula is C23H29NO2. The molecule has 3 rings (SSSR count). The number of carbonyl (C=O) groups excluding carboxylic acids is 1. The predicted molar refractivity (Wildman–Crippen MR) is 105 cm³/mol. The molecule has 1 fully saturated rings. The van der Waals surface area contributed by atoms with Gasteiger partial charge in [-0.1, -0.05) is 74.4 Å². The van der Waals surface area contributed by atoms with Crippen molar-refractivity contribution in [3.63, 3.8) is 0 Å². The van der Waals surface area contributed by atoms with Crippen molar-refractivity contribution < 1.29 is 9.90 Å². The van der Waals surface area contributed by atoms with Gasteiger partial charge in [0.25, 0.3) is 0 Å². The molecule has 0 aromatic heterocycles. The standard InChI is InChI=1S/C23H29NO2/c1-2-17-12-14-20(15-13-17)22(19-10-6-7-11-19)23(26)24-21(16-25)18-8-4-3-5-9-18/h3-5,8-9,12-15,19,21-22,25H,2,6-7,10-11,16H2,1H3,(H,24,26)/t21-,22?/m1/s1. The topological polar surface area (TPSA) is 49.3 Å². The molecule has 0 spiro atoms. The van der Waals surface area contributed by atoms with Crippen molar-refractivity contribution in [2.45, 2.75) is 51.0 Å². The van der Waals surface area contributed by atoms with Gasteiger partial charge >= 0.3 is 0 Å². The van der Waals surface area contributed by atoms with Gasteiger partial charge in [0, 0.05) is 0 Å². The molecule has 1 unspecified atom stereocenters. The first-order valence-corrected chi connectivity index (χ1v) is 9.78. The second-order valence-corrected chi connectivity index (χ2v) is 7.27. The number of hydrogen-bond acceptors (Lipinski definition) is 2. The van der Waals surface area contributed by atoms with Crippen LogP contribution in [0.5, 0.6) is 0 Å². The molecule has 0 radical (unpaired) electrons. The number of amides is 1. The van der Waals surface area contributed by atoms with Crippen LogP contribution in [0.25, 0.3) is 0 Å². The lowest BCUT2D eigenvalue weighted by molar-refractivity contribution is -0.124. The molecule has 0 aliphatic heterocycles. The number of aliphatic hydroxyl groups is 1.